The van der Waals surface area contributed by atoms with Crippen molar-refractivity contribution in [1.29, 1.82) is 0 Å². The number of carbonyl (C=O) groups excluding carboxylic acids is 2. The maximum absolute atomic E-state index is 14.0. The van der Waals surface area contributed by atoms with Crippen molar-refractivity contribution in [2.75, 3.05) is 19.1 Å². The van der Waals surface area contributed by atoms with Crippen LogP contribution >= 0.6 is 0 Å². The Labute approximate surface area is 190 Å². The summed E-state index contributed by atoms with van der Waals surface area (Å²) in [4.78, 5) is 27.8. The number of hydrogen-bond donors (Lipinski definition) is 1. The minimum absolute atomic E-state index is 0.0141. The van der Waals surface area contributed by atoms with Gasteiger partial charge >= 0.3 is 0 Å². The van der Waals surface area contributed by atoms with E-state index in [-0.39, 0.29) is 16.9 Å². The summed E-state index contributed by atoms with van der Waals surface area (Å²) in [5, 5.41) is 11.2. The largest absolute Gasteiger partial charge is 0.507 e. The predicted octanol–water partition coefficient (Wildman–Crippen LogP) is 4.78. The van der Waals surface area contributed by atoms with Crippen LogP contribution in [0.4, 0.5) is 10.1 Å². The highest BCUT2D eigenvalue weighted by atomic mass is 19.1. The molecule has 6 nitrogen and oxygen atoms in total. The normalized spacial score (nSPS) is 17.3. The molecule has 1 aliphatic rings. The number of aryl methyl sites for hydroxylation is 1. The molecule has 0 saturated carbocycles. The SMILES string of the molecule is COc1cccc(N2C(=O)C(=O)/C(=C(/O)c3cc(F)ccc3OC)C2c2ccccc2C)c1. The molecule has 1 amide bonds. The average molecular weight is 447 g/mol. The first-order chi connectivity index (χ1) is 15.9. The third-order valence-electron chi connectivity index (χ3n) is 5.68. The first-order valence-corrected chi connectivity index (χ1v) is 10.2. The maximum Gasteiger partial charge on any atom is 0.300 e. The fraction of sp³-hybridized carbons (Fsp3) is 0.154. The Morgan fingerprint density at radius 2 is 1.73 bits per heavy atom. The smallest absolute Gasteiger partial charge is 0.300 e. The van der Waals surface area contributed by atoms with Crippen LogP contribution in [-0.2, 0) is 9.59 Å². The Morgan fingerprint density at radius 3 is 2.42 bits per heavy atom. The Hall–Kier alpha value is -4.13. The number of ketones is 1. The number of rotatable bonds is 5. The quantitative estimate of drug-likeness (QED) is 0.346. The lowest BCUT2D eigenvalue weighted by Gasteiger charge is -2.27. The van der Waals surface area contributed by atoms with Crippen LogP contribution in [0.1, 0.15) is 22.7 Å². The summed E-state index contributed by atoms with van der Waals surface area (Å²) in [6.45, 7) is 1.85. The summed E-state index contributed by atoms with van der Waals surface area (Å²) in [6.07, 6.45) is 0. The molecule has 1 aliphatic heterocycles. The summed E-state index contributed by atoms with van der Waals surface area (Å²) in [5.74, 6) is -2.15. The fourth-order valence-electron chi connectivity index (χ4n) is 4.06. The van der Waals surface area contributed by atoms with Gasteiger partial charge in [-0.15, -0.1) is 0 Å². The van der Waals surface area contributed by atoms with E-state index >= 15 is 0 Å². The van der Waals surface area contributed by atoms with Crippen LogP contribution in [0.15, 0.2) is 72.3 Å². The van der Waals surface area contributed by atoms with Crippen LogP contribution in [0.2, 0.25) is 0 Å². The molecule has 1 atom stereocenters. The van der Waals surface area contributed by atoms with Crippen LogP contribution in [-0.4, -0.2) is 31.0 Å². The summed E-state index contributed by atoms with van der Waals surface area (Å²) in [5.41, 5.74) is 1.72. The van der Waals surface area contributed by atoms with E-state index in [1.54, 1.807) is 36.4 Å². The third-order valence-corrected chi connectivity index (χ3v) is 5.68. The van der Waals surface area contributed by atoms with Crippen LogP contribution < -0.4 is 14.4 Å². The second-order valence-electron chi connectivity index (χ2n) is 7.57. The van der Waals surface area contributed by atoms with Crippen molar-refractivity contribution in [2.24, 2.45) is 0 Å². The third kappa shape index (κ3) is 3.82. The molecular formula is C26H22FNO5. The number of aliphatic hydroxyl groups excluding tert-OH is 1. The van der Waals surface area contributed by atoms with Gasteiger partial charge in [0.15, 0.2) is 0 Å². The first kappa shape index (κ1) is 22.1. The van der Waals surface area contributed by atoms with Crippen LogP contribution in [0.25, 0.3) is 5.76 Å². The number of Topliss-reactive ketones (excluding diaryl/α,β-unsaturated/α-hetero) is 1. The van der Waals surface area contributed by atoms with Gasteiger partial charge < -0.3 is 14.6 Å². The fourth-order valence-corrected chi connectivity index (χ4v) is 4.06. The van der Waals surface area contributed by atoms with Crippen molar-refractivity contribution < 1.29 is 28.6 Å². The van der Waals surface area contributed by atoms with E-state index in [0.717, 1.165) is 11.6 Å². The number of nitrogens with zero attached hydrogens (tertiary/aromatic N) is 1. The van der Waals surface area contributed by atoms with Gasteiger partial charge in [0, 0.05) is 11.8 Å². The number of hydrogen-bond acceptors (Lipinski definition) is 5. The first-order valence-electron chi connectivity index (χ1n) is 10.2. The second kappa shape index (κ2) is 8.78. The minimum Gasteiger partial charge on any atom is -0.507 e. The topological polar surface area (TPSA) is 76.1 Å². The molecule has 33 heavy (non-hydrogen) atoms. The van der Waals surface area contributed by atoms with E-state index in [9.17, 15) is 19.1 Å². The summed E-state index contributed by atoms with van der Waals surface area (Å²) < 4.78 is 24.6. The van der Waals surface area contributed by atoms with Gasteiger partial charge in [0.05, 0.1) is 31.4 Å². The van der Waals surface area contributed by atoms with E-state index in [0.29, 0.717) is 17.0 Å². The number of anilines is 1. The van der Waals surface area contributed by atoms with Crippen LogP contribution in [0.5, 0.6) is 11.5 Å². The zero-order valence-electron chi connectivity index (χ0n) is 18.3. The van der Waals surface area contributed by atoms with Gasteiger partial charge in [-0.3, -0.25) is 14.5 Å². The van der Waals surface area contributed by atoms with E-state index < -0.39 is 29.3 Å². The molecule has 1 saturated heterocycles. The number of benzene rings is 3. The van der Waals surface area contributed by atoms with Crippen molar-refractivity contribution in [3.05, 3.63) is 94.8 Å². The molecule has 0 spiro atoms. The summed E-state index contributed by atoms with van der Waals surface area (Å²) in [6, 6.07) is 16.7. The number of aliphatic hydroxyl groups is 1. The van der Waals surface area contributed by atoms with Crippen molar-refractivity contribution >= 4 is 23.1 Å². The minimum atomic E-state index is -0.939. The van der Waals surface area contributed by atoms with E-state index in [4.69, 9.17) is 9.47 Å². The van der Waals surface area contributed by atoms with Gasteiger partial charge in [-0.2, -0.15) is 0 Å². The number of carbonyl (C=O) groups is 2. The van der Waals surface area contributed by atoms with Gasteiger partial charge in [-0.1, -0.05) is 30.3 Å². The van der Waals surface area contributed by atoms with Gasteiger partial charge in [-0.05, 0) is 48.4 Å². The molecule has 0 radical (unpaired) electrons. The molecule has 1 fully saturated rings. The second-order valence-corrected chi connectivity index (χ2v) is 7.57. The summed E-state index contributed by atoms with van der Waals surface area (Å²) >= 11 is 0. The van der Waals surface area contributed by atoms with Crippen molar-refractivity contribution in [2.45, 2.75) is 13.0 Å². The van der Waals surface area contributed by atoms with Gasteiger partial charge in [0.2, 0.25) is 0 Å². The maximum atomic E-state index is 14.0. The molecule has 0 aromatic heterocycles. The molecule has 3 aromatic rings. The van der Waals surface area contributed by atoms with Crippen molar-refractivity contribution in [3.8, 4) is 11.5 Å². The highest BCUT2D eigenvalue weighted by molar-refractivity contribution is 6.51. The van der Waals surface area contributed by atoms with Crippen molar-refractivity contribution in [1.82, 2.24) is 0 Å². The Kier molecular flexibility index (Phi) is 5.87. The molecular weight excluding hydrogens is 425 g/mol. The molecule has 3 aromatic carbocycles. The molecule has 0 aliphatic carbocycles. The molecule has 1 heterocycles. The Balaban J connectivity index is 2.01. The molecule has 7 heteroatoms. The highest BCUT2D eigenvalue weighted by Crippen LogP contribution is 2.44. The molecule has 1 N–H and O–H groups in total. The van der Waals surface area contributed by atoms with Gasteiger partial charge in [0.1, 0.15) is 23.1 Å². The zero-order valence-corrected chi connectivity index (χ0v) is 18.3. The highest BCUT2D eigenvalue weighted by Gasteiger charge is 2.47. The van der Waals surface area contributed by atoms with Crippen LogP contribution in [0, 0.1) is 12.7 Å². The molecule has 1 unspecified atom stereocenters. The van der Waals surface area contributed by atoms with E-state index in [2.05, 4.69) is 0 Å². The van der Waals surface area contributed by atoms with Gasteiger partial charge in [0.25, 0.3) is 11.7 Å². The molecule has 0 bridgehead atoms. The Bertz CT molecular complexity index is 1280. The van der Waals surface area contributed by atoms with Crippen molar-refractivity contribution in [3.63, 3.8) is 0 Å². The predicted molar refractivity (Wildman–Crippen MR) is 122 cm³/mol. The van der Waals surface area contributed by atoms with E-state index in [1.807, 2.05) is 19.1 Å². The number of halogens is 1. The monoisotopic (exact) mass is 447 g/mol. The Morgan fingerprint density at radius 1 is 0.970 bits per heavy atom. The van der Waals surface area contributed by atoms with E-state index in [1.165, 1.54) is 31.3 Å². The summed E-state index contributed by atoms with van der Waals surface area (Å²) in [7, 11) is 2.87. The lowest BCUT2D eigenvalue weighted by atomic mass is 9.92. The average Bonchev–Trinajstić information content (AvgIpc) is 3.09. The number of methoxy groups -OCH3 is 2. The van der Waals surface area contributed by atoms with Gasteiger partial charge in [-0.25, -0.2) is 4.39 Å². The zero-order chi connectivity index (χ0) is 23.7. The standard InChI is InChI=1S/C26H22FNO5/c1-15-7-4-5-10-19(15)23-22(24(29)20-13-16(27)11-12-21(20)33-3)25(30)26(31)28(23)17-8-6-9-18(14-17)32-2/h4-14,23,29H,1-3H3/b24-22+. The number of ether oxygens (including phenoxy) is 2. The molecule has 4 rings (SSSR count). The molecule has 168 valence electrons. The lowest BCUT2D eigenvalue weighted by Crippen LogP contribution is -2.29. The lowest BCUT2D eigenvalue weighted by molar-refractivity contribution is -0.132. The number of amides is 1. The van der Waals surface area contributed by atoms with Crippen LogP contribution in [0.3, 0.4) is 0 Å².